The maximum atomic E-state index is 12.5. The summed E-state index contributed by atoms with van der Waals surface area (Å²) in [6, 6.07) is 1.49. The number of thiophene rings is 1. The number of sulfonamides is 1. The standard InChI is InChI=1S/C11H15BrClNO3S2/c1-2-14(7-8-4-3-5-17-8)19(15,16)10-6-9(13)11(12)18-10/h6,8H,2-5,7H2,1H3. The number of halogens is 2. The Bertz CT molecular complexity index is 521. The minimum Gasteiger partial charge on any atom is -0.377 e. The molecule has 1 saturated heterocycles. The van der Waals surface area contributed by atoms with Crippen molar-refractivity contribution < 1.29 is 13.2 Å². The highest BCUT2D eigenvalue weighted by atomic mass is 79.9. The molecule has 0 spiro atoms. The SMILES string of the molecule is CCN(CC1CCCO1)S(=O)(=O)c1cc(Cl)c(Br)s1. The molecule has 1 aromatic heterocycles. The molecule has 0 radical (unpaired) electrons. The monoisotopic (exact) mass is 387 g/mol. The molecule has 0 aliphatic carbocycles. The van der Waals surface area contributed by atoms with Crippen LogP contribution in [0.1, 0.15) is 19.8 Å². The van der Waals surface area contributed by atoms with E-state index in [4.69, 9.17) is 16.3 Å². The molecular weight excluding hydrogens is 374 g/mol. The lowest BCUT2D eigenvalue weighted by molar-refractivity contribution is 0.0947. The van der Waals surface area contributed by atoms with Crippen LogP contribution < -0.4 is 0 Å². The number of nitrogens with zero attached hydrogens (tertiary/aromatic N) is 1. The molecule has 1 fully saturated rings. The van der Waals surface area contributed by atoms with Crippen molar-refractivity contribution in [1.82, 2.24) is 4.31 Å². The second-order valence-corrected chi connectivity index (χ2v) is 9.22. The fourth-order valence-corrected chi connectivity index (χ4v) is 6.03. The first-order valence-electron chi connectivity index (χ1n) is 6.01. The number of hydrogen-bond donors (Lipinski definition) is 0. The van der Waals surface area contributed by atoms with Crippen molar-refractivity contribution in [3.8, 4) is 0 Å². The summed E-state index contributed by atoms with van der Waals surface area (Å²) < 4.78 is 32.9. The predicted molar refractivity (Wildman–Crippen MR) is 80.4 cm³/mol. The van der Waals surface area contributed by atoms with Gasteiger partial charge in [0.25, 0.3) is 10.0 Å². The molecule has 0 aromatic carbocycles. The average molecular weight is 389 g/mol. The van der Waals surface area contributed by atoms with Crippen molar-refractivity contribution >= 4 is 48.9 Å². The number of likely N-dealkylation sites (N-methyl/N-ethyl adjacent to an activating group) is 1. The highest BCUT2D eigenvalue weighted by molar-refractivity contribution is 9.11. The maximum absolute atomic E-state index is 12.5. The number of rotatable bonds is 5. The lowest BCUT2D eigenvalue weighted by Crippen LogP contribution is -2.36. The van der Waals surface area contributed by atoms with Crippen molar-refractivity contribution in [2.75, 3.05) is 19.7 Å². The number of ether oxygens (including phenoxy) is 1. The number of hydrogen-bond acceptors (Lipinski definition) is 4. The largest absolute Gasteiger partial charge is 0.377 e. The Kier molecular flexibility index (Phi) is 5.30. The maximum Gasteiger partial charge on any atom is 0.252 e. The van der Waals surface area contributed by atoms with Gasteiger partial charge in [0.15, 0.2) is 0 Å². The Balaban J connectivity index is 2.20. The molecule has 0 amide bonds. The summed E-state index contributed by atoms with van der Waals surface area (Å²) in [7, 11) is -3.48. The van der Waals surface area contributed by atoms with Gasteiger partial charge in [-0.05, 0) is 34.8 Å². The highest BCUT2D eigenvalue weighted by Crippen LogP contribution is 2.36. The van der Waals surface area contributed by atoms with Crippen LogP contribution in [-0.4, -0.2) is 38.5 Å². The van der Waals surface area contributed by atoms with E-state index in [0.717, 1.165) is 30.8 Å². The Morgan fingerprint density at radius 3 is 2.84 bits per heavy atom. The summed E-state index contributed by atoms with van der Waals surface area (Å²) in [4.78, 5) is 0. The lowest BCUT2D eigenvalue weighted by Gasteiger charge is -2.22. The molecule has 108 valence electrons. The Morgan fingerprint density at radius 1 is 1.63 bits per heavy atom. The van der Waals surface area contributed by atoms with Crippen molar-refractivity contribution in [3.63, 3.8) is 0 Å². The van der Waals surface area contributed by atoms with E-state index < -0.39 is 10.0 Å². The molecule has 2 heterocycles. The van der Waals surface area contributed by atoms with E-state index in [1.54, 1.807) is 0 Å². The summed E-state index contributed by atoms with van der Waals surface area (Å²) >= 11 is 10.3. The van der Waals surface area contributed by atoms with Crippen LogP contribution in [0.15, 0.2) is 14.1 Å². The summed E-state index contributed by atoms with van der Waals surface area (Å²) in [6.07, 6.45) is 1.92. The zero-order valence-electron chi connectivity index (χ0n) is 10.4. The van der Waals surface area contributed by atoms with Crippen LogP contribution in [0.2, 0.25) is 5.02 Å². The van der Waals surface area contributed by atoms with E-state index in [2.05, 4.69) is 15.9 Å². The van der Waals surface area contributed by atoms with Gasteiger partial charge in [-0.1, -0.05) is 18.5 Å². The molecule has 4 nitrogen and oxygen atoms in total. The zero-order valence-corrected chi connectivity index (χ0v) is 14.4. The first kappa shape index (κ1) is 15.7. The van der Waals surface area contributed by atoms with Gasteiger partial charge in [0.1, 0.15) is 4.21 Å². The van der Waals surface area contributed by atoms with Gasteiger partial charge in [0.05, 0.1) is 14.9 Å². The van der Waals surface area contributed by atoms with Gasteiger partial charge in [0.2, 0.25) is 0 Å². The van der Waals surface area contributed by atoms with Crippen LogP contribution in [0.25, 0.3) is 0 Å². The van der Waals surface area contributed by atoms with E-state index in [0.29, 0.717) is 21.9 Å². The summed E-state index contributed by atoms with van der Waals surface area (Å²) in [5, 5.41) is 0.428. The van der Waals surface area contributed by atoms with Crippen LogP contribution in [0.5, 0.6) is 0 Å². The van der Waals surface area contributed by atoms with Crippen molar-refractivity contribution in [2.45, 2.75) is 30.1 Å². The van der Waals surface area contributed by atoms with Crippen molar-refractivity contribution in [1.29, 1.82) is 0 Å². The third-order valence-corrected chi connectivity index (χ3v) is 7.87. The van der Waals surface area contributed by atoms with Crippen molar-refractivity contribution in [2.24, 2.45) is 0 Å². The Morgan fingerprint density at radius 2 is 2.37 bits per heavy atom. The van der Waals surface area contributed by atoms with E-state index in [-0.39, 0.29) is 10.3 Å². The second-order valence-electron chi connectivity index (χ2n) is 4.28. The first-order chi connectivity index (χ1) is 8.95. The quantitative estimate of drug-likeness (QED) is 0.777. The fourth-order valence-electron chi connectivity index (χ4n) is 1.99. The van der Waals surface area contributed by atoms with Gasteiger partial charge in [-0.2, -0.15) is 4.31 Å². The van der Waals surface area contributed by atoms with E-state index >= 15 is 0 Å². The molecule has 1 atom stereocenters. The van der Waals surface area contributed by atoms with Gasteiger partial charge >= 0.3 is 0 Å². The Labute approximate surface area is 130 Å². The highest BCUT2D eigenvalue weighted by Gasteiger charge is 2.29. The molecule has 8 heteroatoms. The molecule has 0 N–H and O–H groups in total. The molecule has 2 rings (SSSR count). The molecule has 0 saturated carbocycles. The third kappa shape index (κ3) is 3.51. The average Bonchev–Trinajstić information content (AvgIpc) is 2.97. The van der Waals surface area contributed by atoms with Crippen molar-refractivity contribution in [3.05, 3.63) is 14.9 Å². The lowest BCUT2D eigenvalue weighted by atomic mass is 10.2. The molecule has 1 unspecified atom stereocenters. The van der Waals surface area contributed by atoms with Gasteiger partial charge in [-0.25, -0.2) is 8.42 Å². The first-order valence-corrected chi connectivity index (χ1v) is 9.44. The van der Waals surface area contributed by atoms with E-state index in [1.807, 2.05) is 6.92 Å². The third-order valence-electron chi connectivity index (χ3n) is 3.00. The molecule has 19 heavy (non-hydrogen) atoms. The van der Waals surface area contributed by atoms with Crippen LogP contribution in [0.3, 0.4) is 0 Å². The smallest absolute Gasteiger partial charge is 0.252 e. The molecule has 1 aromatic rings. The van der Waals surface area contributed by atoms with Crippen LogP contribution >= 0.6 is 38.9 Å². The van der Waals surface area contributed by atoms with Crippen LogP contribution in [0, 0.1) is 0 Å². The van der Waals surface area contributed by atoms with Gasteiger partial charge < -0.3 is 4.74 Å². The van der Waals surface area contributed by atoms with E-state index in [1.165, 1.54) is 10.4 Å². The molecule has 0 bridgehead atoms. The second kappa shape index (κ2) is 6.41. The normalized spacial score (nSPS) is 20.3. The molecule has 1 aliphatic rings. The fraction of sp³-hybridized carbons (Fsp3) is 0.636. The summed E-state index contributed by atoms with van der Waals surface area (Å²) in [6.45, 7) is 3.39. The van der Waals surface area contributed by atoms with Crippen LogP contribution in [-0.2, 0) is 14.8 Å². The van der Waals surface area contributed by atoms with Gasteiger partial charge in [-0.15, -0.1) is 11.3 Å². The zero-order chi connectivity index (χ0) is 14.0. The summed E-state index contributed by atoms with van der Waals surface area (Å²) in [5.41, 5.74) is 0. The van der Waals surface area contributed by atoms with Crippen LogP contribution in [0.4, 0.5) is 0 Å². The van der Waals surface area contributed by atoms with E-state index in [9.17, 15) is 8.42 Å². The topological polar surface area (TPSA) is 46.6 Å². The summed E-state index contributed by atoms with van der Waals surface area (Å²) in [5.74, 6) is 0. The minimum atomic E-state index is -3.48. The van der Waals surface area contributed by atoms with Gasteiger partial charge in [0, 0.05) is 19.7 Å². The van der Waals surface area contributed by atoms with Gasteiger partial charge in [-0.3, -0.25) is 0 Å². The minimum absolute atomic E-state index is 0.00796. The Hall–Kier alpha value is 0.340. The molecule has 1 aliphatic heterocycles. The predicted octanol–water partition coefficient (Wildman–Crippen LogP) is 3.35. The molecular formula is C11H15BrClNO3S2.